The van der Waals surface area contributed by atoms with Gasteiger partial charge in [-0.3, -0.25) is 4.79 Å². The Hall–Kier alpha value is -1.27. The molecule has 19 heavy (non-hydrogen) atoms. The van der Waals surface area contributed by atoms with Gasteiger partial charge in [-0.2, -0.15) is 0 Å². The molecule has 0 bridgehead atoms. The van der Waals surface area contributed by atoms with Crippen LogP contribution < -0.4 is 5.32 Å². The Balaban J connectivity index is 2.71. The molecule has 8 heteroatoms. The van der Waals surface area contributed by atoms with E-state index in [4.69, 9.17) is 17.1 Å². The summed E-state index contributed by atoms with van der Waals surface area (Å²) in [6.07, 6.45) is 0.558. The van der Waals surface area contributed by atoms with E-state index in [1.807, 2.05) is 0 Å². The molecule has 0 fully saturated rings. The molecule has 0 heterocycles. The summed E-state index contributed by atoms with van der Waals surface area (Å²) in [4.78, 5) is 13.9. The minimum Gasteiger partial charge on any atom is -0.480 e. The van der Waals surface area contributed by atoms with E-state index >= 15 is 0 Å². The quantitative estimate of drug-likeness (QED) is 0.342. The van der Waals surface area contributed by atoms with Crippen LogP contribution in [0.3, 0.4) is 0 Å². The van der Waals surface area contributed by atoms with Crippen molar-refractivity contribution < 1.29 is 9.90 Å². The van der Waals surface area contributed by atoms with Crippen molar-refractivity contribution >= 4 is 33.5 Å². The summed E-state index contributed by atoms with van der Waals surface area (Å²) >= 11 is 9.30. The molecule has 0 saturated carbocycles. The fourth-order valence-electron chi connectivity index (χ4n) is 1.51. The van der Waals surface area contributed by atoms with Gasteiger partial charge in [0.2, 0.25) is 0 Å². The minimum atomic E-state index is -1.01. The molecule has 0 radical (unpaired) electrons. The van der Waals surface area contributed by atoms with Crippen LogP contribution in [-0.4, -0.2) is 24.2 Å². The second-order valence-electron chi connectivity index (χ2n) is 3.70. The molecule has 1 atom stereocenters. The summed E-state index contributed by atoms with van der Waals surface area (Å²) in [7, 11) is 0. The van der Waals surface area contributed by atoms with Gasteiger partial charge in [-0.15, -0.1) is 0 Å². The van der Waals surface area contributed by atoms with Gasteiger partial charge < -0.3 is 10.4 Å². The van der Waals surface area contributed by atoms with Crippen LogP contribution in [0, 0.1) is 0 Å². The van der Waals surface area contributed by atoms with Gasteiger partial charge in [0.25, 0.3) is 0 Å². The van der Waals surface area contributed by atoms with Crippen molar-refractivity contribution in [2.24, 2.45) is 5.11 Å². The van der Waals surface area contributed by atoms with Crippen LogP contribution in [-0.2, 0) is 4.79 Å². The summed E-state index contributed by atoms with van der Waals surface area (Å²) in [5.74, 6) is -1.01. The van der Waals surface area contributed by atoms with Gasteiger partial charge in [-0.25, -0.2) is 0 Å². The van der Waals surface area contributed by atoms with Crippen molar-refractivity contribution in [2.45, 2.75) is 12.5 Å². The maximum Gasteiger partial charge on any atom is 0.325 e. The highest BCUT2D eigenvalue weighted by atomic mass is 79.9. The number of nitrogens with one attached hydrogen (secondary N) is 1. The van der Waals surface area contributed by atoms with Crippen molar-refractivity contribution in [3.05, 3.63) is 43.7 Å². The molecule has 0 aliphatic rings. The second-order valence-corrected chi connectivity index (χ2v) is 5.02. The fraction of sp³-hybridized carbons (Fsp3) is 0.364. The standard InChI is InChI=1S/C11H12BrClN4O2/c12-7-2-3-8(9(13)6-7)10(11(18)19)15-4-1-5-16-17-14/h2-3,6,10,15H,1,4-5H2,(H,18,19). The number of aliphatic carboxylic acids is 1. The number of benzene rings is 1. The lowest BCUT2D eigenvalue weighted by molar-refractivity contribution is -0.139. The molecule has 1 unspecified atom stereocenters. The molecule has 1 aromatic rings. The average Bonchev–Trinajstić information content (AvgIpc) is 2.35. The number of rotatable bonds is 7. The monoisotopic (exact) mass is 346 g/mol. The van der Waals surface area contributed by atoms with Crippen LogP contribution in [0.25, 0.3) is 10.4 Å². The lowest BCUT2D eigenvalue weighted by Gasteiger charge is -2.16. The highest BCUT2D eigenvalue weighted by Crippen LogP contribution is 2.26. The molecule has 1 aromatic carbocycles. The van der Waals surface area contributed by atoms with Crippen molar-refractivity contribution in [3.8, 4) is 0 Å². The number of hydrogen-bond donors (Lipinski definition) is 2. The first-order chi connectivity index (χ1) is 9.06. The minimum absolute atomic E-state index is 0.323. The van der Waals surface area contributed by atoms with E-state index in [0.29, 0.717) is 30.1 Å². The third kappa shape index (κ3) is 5.08. The van der Waals surface area contributed by atoms with Crippen LogP contribution in [0.5, 0.6) is 0 Å². The molecule has 0 aliphatic heterocycles. The van der Waals surface area contributed by atoms with Gasteiger partial charge >= 0.3 is 5.97 Å². The Morgan fingerprint density at radius 2 is 2.37 bits per heavy atom. The van der Waals surface area contributed by atoms with Crippen LogP contribution in [0.1, 0.15) is 18.0 Å². The normalized spacial score (nSPS) is 11.7. The number of azide groups is 1. The van der Waals surface area contributed by atoms with Gasteiger partial charge in [0.1, 0.15) is 6.04 Å². The van der Waals surface area contributed by atoms with Crippen LogP contribution in [0.15, 0.2) is 27.8 Å². The van der Waals surface area contributed by atoms with Gasteiger partial charge in [-0.05, 0) is 36.2 Å². The molecule has 0 spiro atoms. The molecular weight excluding hydrogens is 336 g/mol. The first kappa shape index (κ1) is 15.8. The molecule has 0 saturated heterocycles. The number of carboxylic acid groups (broad SMARTS) is 1. The number of hydrogen-bond acceptors (Lipinski definition) is 3. The molecule has 0 aromatic heterocycles. The summed E-state index contributed by atoms with van der Waals surface area (Å²) in [6, 6.07) is 4.16. The zero-order valence-electron chi connectivity index (χ0n) is 9.88. The Morgan fingerprint density at radius 3 is 2.95 bits per heavy atom. The Bertz CT molecular complexity index is 505. The largest absolute Gasteiger partial charge is 0.480 e. The molecule has 6 nitrogen and oxygen atoms in total. The Labute approximate surface area is 123 Å². The van der Waals surface area contributed by atoms with Gasteiger partial charge in [0, 0.05) is 21.0 Å². The van der Waals surface area contributed by atoms with Crippen molar-refractivity contribution in [3.63, 3.8) is 0 Å². The van der Waals surface area contributed by atoms with Crippen molar-refractivity contribution in [1.29, 1.82) is 0 Å². The number of nitrogens with zero attached hydrogens (tertiary/aromatic N) is 3. The third-order valence-electron chi connectivity index (χ3n) is 2.37. The van der Waals surface area contributed by atoms with E-state index in [2.05, 4.69) is 31.3 Å². The average molecular weight is 348 g/mol. The molecule has 0 aliphatic carbocycles. The van der Waals surface area contributed by atoms with Crippen molar-refractivity contribution in [1.82, 2.24) is 5.32 Å². The SMILES string of the molecule is [N-]=[N+]=NCCCNC(C(=O)O)c1ccc(Br)cc1Cl. The molecule has 102 valence electrons. The lowest BCUT2D eigenvalue weighted by Crippen LogP contribution is -2.29. The van der Waals surface area contributed by atoms with Crippen LogP contribution >= 0.6 is 27.5 Å². The van der Waals surface area contributed by atoms with E-state index < -0.39 is 12.0 Å². The fourth-order valence-corrected chi connectivity index (χ4v) is 2.29. The Morgan fingerprint density at radius 1 is 1.63 bits per heavy atom. The van der Waals surface area contributed by atoms with Gasteiger partial charge in [-0.1, -0.05) is 38.7 Å². The lowest BCUT2D eigenvalue weighted by atomic mass is 10.1. The highest BCUT2D eigenvalue weighted by Gasteiger charge is 2.21. The molecule has 1 rings (SSSR count). The maximum absolute atomic E-state index is 11.2. The number of halogens is 2. The zero-order chi connectivity index (χ0) is 14.3. The summed E-state index contributed by atoms with van der Waals surface area (Å²) in [5, 5.41) is 15.8. The summed E-state index contributed by atoms with van der Waals surface area (Å²) < 4.78 is 0.786. The zero-order valence-corrected chi connectivity index (χ0v) is 12.2. The predicted octanol–water partition coefficient (Wildman–Crippen LogP) is 3.52. The maximum atomic E-state index is 11.2. The molecule has 2 N–H and O–H groups in total. The smallest absolute Gasteiger partial charge is 0.325 e. The molecular formula is C11H12BrClN4O2. The highest BCUT2D eigenvalue weighted by molar-refractivity contribution is 9.10. The first-order valence-corrected chi connectivity index (χ1v) is 6.65. The van der Waals surface area contributed by atoms with E-state index in [-0.39, 0.29) is 0 Å². The van der Waals surface area contributed by atoms with E-state index in [9.17, 15) is 9.90 Å². The second kappa shape index (κ2) is 8.01. The van der Waals surface area contributed by atoms with Crippen molar-refractivity contribution in [2.75, 3.05) is 13.1 Å². The number of carbonyl (C=O) groups is 1. The topological polar surface area (TPSA) is 98.1 Å². The van der Waals surface area contributed by atoms with E-state index in [0.717, 1.165) is 4.47 Å². The first-order valence-electron chi connectivity index (χ1n) is 5.48. The van der Waals surface area contributed by atoms with Gasteiger partial charge in [0.05, 0.1) is 0 Å². The van der Waals surface area contributed by atoms with Gasteiger partial charge in [0.15, 0.2) is 0 Å². The summed E-state index contributed by atoms with van der Waals surface area (Å²) in [5.41, 5.74) is 8.63. The van der Waals surface area contributed by atoms with Crippen LogP contribution in [0.2, 0.25) is 5.02 Å². The Kier molecular flexibility index (Phi) is 6.66. The summed E-state index contributed by atoms with van der Waals surface area (Å²) in [6.45, 7) is 0.742. The van der Waals surface area contributed by atoms with E-state index in [1.165, 1.54) is 0 Å². The number of carboxylic acids is 1. The van der Waals surface area contributed by atoms with E-state index in [1.54, 1.807) is 18.2 Å². The molecule has 0 amide bonds. The predicted molar refractivity (Wildman–Crippen MR) is 76.2 cm³/mol. The van der Waals surface area contributed by atoms with Crippen LogP contribution in [0.4, 0.5) is 0 Å². The third-order valence-corrected chi connectivity index (χ3v) is 3.19.